The van der Waals surface area contributed by atoms with E-state index in [-0.39, 0.29) is 5.54 Å². The maximum absolute atomic E-state index is 5.35. The molecule has 0 radical (unpaired) electrons. The van der Waals surface area contributed by atoms with Crippen molar-refractivity contribution >= 4 is 0 Å². The molecule has 0 aromatic rings. The van der Waals surface area contributed by atoms with Crippen LogP contribution in [0.4, 0.5) is 0 Å². The Kier molecular flexibility index (Phi) is 5.22. The minimum Gasteiger partial charge on any atom is -0.383 e. The summed E-state index contributed by atoms with van der Waals surface area (Å²) < 4.78 is 5.35. The highest BCUT2D eigenvalue weighted by atomic mass is 16.5. The van der Waals surface area contributed by atoms with Crippen molar-refractivity contribution in [2.45, 2.75) is 33.2 Å². The summed E-state index contributed by atoms with van der Waals surface area (Å²) in [7, 11) is 1.79. The monoisotopic (exact) mass is 228 g/mol. The van der Waals surface area contributed by atoms with Crippen LogP contribution in [0.15, 0.2) is 0 Å². The molecule has 1 aliphatic rings. The van der Waals surface area contributed by atoms with E-state index < -0.39 is 0 Å². The van der Waals surface area contributed by atoms with E-state index in [1.54, 1.807) is 7.11 Å². The molecular formula is C13H28N2O. The Bertz CT molecular complexity index is 194. The number of methoxy groups -OCH3 is 1. The summed E-state index contributed by atoms with van der Waals surface area (Å²) in [6.45, 7) is 14.6. The SMILES string of the molecule is COCC(C)(C)N1CC(C)CNCC(C)C1. The molecule has 0 aromatic heterocycles. The highest BCUT2D eigenvalue weighted by Crippen LogP contribution is 2.19. The van der Waals surface area contributed by atoms with E-state index in [9.17, 15) is 0 Å². The van der Waals surface area contributed by atoms with Crippen LogP contribution in [0.5, 0.6) is 0 Å². The maximum atomic E-state index is 5.35. The van der Waals surface area contributed by atoms with Gasteiger partial charge >= 0.3 is 0 Å². The Morgan fingerprint density at radius 2 is 1.69 bits per heavy atom. The first kappa shape index (κ1) is 13.9. The van der Waals surface area contributed by atoms with E-state index in [0.717, 1.165) is 32.8 Å². The molecule has 0 saturated carbocycles. The van der Waals surface area contributed by atoms with Gasteiger partial charge in [-0.05, 0) is 38.8 Å². The highest BCUT2D eigenvalue weighted by Gasteiger charge is 2.29. The number of nitrogens with one attached hydrogen (secondary N) is 1. The molecule has 2 atom stereocenters. The first-order valence-electron chi connectivity index (χ1n) is 6.40. The number of rotatable bonds is 3. The van der Waals surface area contributed by atoms with Crippen LogP contribution in [-0.4, -0.2) is 50.3 Å². The van der Waals surface area contributed by atoms with Crippen LogP contribution < -0.4 is 5.32 Å². The summed E-state index contributed by atoms with van der Waals surface area (Å²) in [6.07, 6.45) is 0. The number of hydrogen-bond acceptors (Lipinski definition) is 3. The molecule has 96 valence electrons. The minimum absolute atomic E-state index is 0.147. The Balaban J connectivity index is 2.65. The van der Waals surface area contributed by atoms with E-state index in [4.69, 9.17) is 4.74 Å². The molecule has 1 saturated heterocycles. The van der Waals surface area contributed by atoms with Gasteiger partial charge in [0.05, 0.1) is 6.61 Å². The lowest BCUT2D eigenvalue weighted by molar-refractivity contribution is 0.0124. The van der Waals surface area contributed by atoms with Crippen LogP contribution >= 0.6 is 0 Å². The predicted molar refractivity (Wildman–Crippen MR) is 68.7 cm³/mol. The molecule has 0 bridgehead atoms. The van der Waals surface area contributed by atoms with Gasteiger partial charge in [0.25, 0.3) is 0 Å². The molecule has 1 fully saturated rings. The average Bonchev–Trinajstić information content (AvgIpc) is 2.13. The molecule has 0 aromatic carbocycles. The van der Waals surface area contributed by atoms with Gasteiger partial charge in [0.1, 0.15) is 0 Å². The number of hydrogen-bond donors (Lipinski definition) is 1. The fourth-order valence-corrected chi connectivity index (χ4v) is 2.47. The quantitative estimate of drug-likeness (QED) is 0.794. The van der Waals surface area contributed by atoms with Crippen molar-refractivity contribution < 1.29 is 4.74 Å². The van der Waals surface area contributed by atoms with Crippen LogP contribution in [0, 0.1) is 11.8 Å². The largest absolute Gasteiger partial charge is 0.383 e. The second kappa shape index (κ2) is 5.99. The first-order chi connectivity index (χ1) is 7.45. The van der Waals surface area contributed by atoms with E-state index in [2.05, 4.69) is 37.9 Å². The third kappa shape index (κ3) is 4.04. The molecule has 0 aliphatic carbocycles. The van der Waals surface area contributed by atoms with Crippen molar-refractivity contribution in [1.29, 1.82) is 0 Å². The normalized spacial score (nSPS) is 29.8. The zero-order valence-electron chi connectivity index (χ0n) is 11.5. The van der Waals surface area contributed by atoms with Crippen molar-refractivity contribution in [3.63, 3.8) is 0 Å². The van der Waals surface area contributed by atoms with E-state index in [0.29, 0.717) is 11.8 Å². The van der Waals surface area contributed by atoms with Gasteiger partial charge in [-0.1, -0.05) is 13.8 Å². The van der Waals surface area contributed by atoms with Crippen molar-refractivity contribution in [3.05, 3.63) is 0 Å². The summed E-state index contributed by atoms with van der Waals surface area (Å²) in [4.78, 5) is 2.59. The van der Waals surface area contributed by atoms with Crippen molar-refractivity contribution in [3.8, 4) is 0 Å². The van der Waals surface area contributed by atoms with E-state index in [1.807, 2.05) is 0 Å². The van der Waals surface area contributed by atoms with Gasteiger partial charge in [-0.15, -0.1) is 0 Å². The van der Waals surface area contributed by atoms with Gasteiger partial charge in [-0.2, -0.15) is 0 Å². The Labute approximate surface area is 101 Å². The van der Waals surface area contributed by atoms with E-state index in [1.165, 1.54) is 0 Å². The molecule has 3 heteroatoms. The van der Waals surface area contributed by atoms with Gasteiger partial charge in [-0.3, -0.25) is 4.90 Å². The molecule has 1 N–H and O–H groups in total. The third-order valence-corrected chi connectivity index (χ3v) is 3.40. The van der Waals surface area contributed by atoms with Crippen molar-refractivity contribution in [2.24, 2.45) is 11.8 Å². The van der Waals surface area contributed by atoms with Gasteiger partial charge < -0.3 is 10.1 Å². The smallest absolute Gasteiger partial charge is 0.0641 e. The second-order valence-electron chi connectivity index (χ2n) is 6.02. The summed E-state index contributed by atoms with van der Waals surface area (Å²) in [5.41, 5.74) is 0.147. The Morgan fingerprint density at radius 1 is 1.19 bits per heavy atom. The molecule has 3 nitrogen and oxygen atoms in total. The van der Waals surface area contributed by atoms with Gasteiger partial charge in [0.2, 0.25) is 0 Å². The molecule has 0 amide bonds. The molecule has 2 unspecified atom stereocenters. The van der Waals surface area contributed by atoms with Crippen LogP contribution in [-0.2, 0) is 4.74 Å². The lowest BCUT2D eigenvalue weighted by atomic mass is 9.97. The summed E-state index contributed by atoms with van der Waals surface area (Å²) in [5.74, 6) is 1.42. The van der Waals surface area contributed by atoms with Gasteiger partial charge in [0, 0.05) is 25.7 Å². The lowest BCUT2D eigenvalue weighted by Crippen LogP contribution is -2.53. The molecule has 0 spiro atoms. The van der Waals surface area contributed by atoms with Crippen LogP contribution in [0.2, 0.25) is 0 Å². The summed E-state index contributed by atoms with van der Waals surface area (Å²) >= 11 is 0. The topological polar surface area (TPSA) is 24.5 Å². The highest BCUT2D eigenvalue weighted by molar-refractivity contribution is 4.85. The molecular weight excluding hydrogens is 200 g/mol. The Hall–Kier alpha value is -0.120. The lowest BCUT2D eigenvalue weighted by Gasteiger charge is -2.42. The van der Waals surface area contributed by atoms with Gasteiger partial charge in [-0.25, -0.2) is 0 Å². The summed E-state index contributed by atoms with van der Waals surface area (Å²) in [5, 5.41) is 3.53. The molecule has 1 heterocycles. The zero-order chi connectivity index (χ0) is 12.2. The third-order valence-electron chi connectivity index (χ3n) is 3.40. The number of nitrogens with zero attached hydrogens (tertiary/aromatic N) is 1. The number of ether oxygens (including phenoxy) is 1. The summed E-state index contributed by atoms with van der Waals surface area (Å²) in [6, 6.07) is 0. The van der Waals surface area contributed by atoms with E-state index >= 15 is 0 Å². The van der Waals surface area contributed by atoms with Crippen molar-refractivity contribution in [2.75, 3.05) is 39.9 Å². The fourth-order valence-electron chi connectivity index (χ4n) is 2.47. The zero-order valence-corrected chi connectivity index (χ0v) is 11.5. The first-order valence-corrected chi connectivity index (χ1v) is 6.40. The predicted octanol–water partition coefficient (Wildman–Crippen LogP) is 1.59. The maximum Gasteiger partial charge on any atom is 0.0641 e. The molecule has 16 heavy (non-hydrogen) atoms. The molecule has 1 aliphatic heterocycles. The van der Waals surface area contributed by atoms with Crippen LogP contribution in [0.25, 0.3) is 0 Å². The average molecular weight is 228 g/mol. The Morgan fingerprint density at radius 3 is 2.12 bits per heavy atom. The second-order valence-corrected chi connectivity index (χ2v) is 6.02. The minimum atomic E-state index is 0.147. The van der Waals surface area contributed by atoms with Gasteiger partial charge in [0.15, 0.2) is 0 Å². The fraction of sp³-hybridized carbons (Fsp3) is 1.00. The molecule has 1 rings (SSSR count). The standard InChI is InChI=1S/C13H28N2O/c1-11-6-14-7-12(2)9-15(8-11)13(3,4)10-16-5/h11-12,14H,6-10H2,1-5H3. The van der Waals surface area contributed by atoms with Crippen LogP contribution in [0.3, 0.4) is 0 Å². The van der Waals surface area contributed by atoms with Crippen LogP contribution in [0.1, 0.15) is 27.7 Å². The van der Waals surface area contributed by atoms with Crippen molar-refractivity contribution in [1.82, 2.24) is 10.2 Å².